The van der Waals surface area contributed by atoms with Crippen LogP contribution in [0.4, 0.5) is 5.69 Å². The first-order valence-electron chi connectivity index (χ1n) is 9.83. The van der Waals surface area contributed by atoms with Gasteiger partial charge in [0.2, 0.25) is 0 Å². The number of likely N-dealkylation sites (tertiary alicyclic amines) is 1. The average molecular weight is 404 g/mol. The second-order valence-electron chi connectivity index (χ2n) is 7.40. The maximum atomic E-state index is 13.4. The zero-order valence-electron chi connectivity index (χ0n) is 17.1. The molecule has 1 N–H and O–H groups in total. The van der Waals surface area contributed by atoms with E-state index in [1.165, 1.54) is 0 Å². The van der Waals surface area contributed by atoms with Crippen molar-refractivity contribution in [3.8, 4) is 0 Å². The van der Waals surface area contributed by atoms with Crippen molar-refractivity contribution >= 4 is 21.6 Å². The van der Waals surface area contributed by atoms with Gasteiger partial charge in [0.15, 0.2) is 0 Å². The van der Waals surface area contributed by atoms with Crippen LogP contribution in [0.25, 0.3) is 0 Å². The van der Waals surface area contributed by atoms with Gasteiger partial charge in [-0.3, -0.25) is 9.52 Å². The molecule has 3 rings (SSSR count). The molecule has 1 aromatic heterocycles. The predicted octanol–water partition coefficient (Wildman–Crippen LogP) is 3.63. The highest BCUT2D eigenvalue weighted by atomic mass is 32.2. The first-order valence-corrected chi connectivity index (χ1v) is 11.3. The van der Waals surface area contributed by atoms with Crippen molar-refractivity contribution in [2.75, 3.05) is 17.8 Å². The van der Waals surface area contributed by atoms with E-state index in [9.17, 15) is 13.2 Å². The summed E-state index contributed by atoms with van der Waals surface area (Å²) in [5.41, 5.74) is 3.02. The third-order valence-electron chi connectivity index (χ3n) is 5.69. The molecule has 0 unspecified atom stereocenters. The van der Waals surface area contributed by atoms with Gasteiger partial charge in [0, 0.05) is 31.5 Å². The van der Waals surface area contributed by atoms with Crippen LogP contribution < -0.4 is 4.72 Å². The van der Waals surface area contributed by atoms with E-state index in [0.717, 1.165) is 24.8 Å². The van der Waals surface area contributed by atoms with Gasteiger partial charge in [-0.25, -0.2) is 8.42 Å². The molecule has 1 fully saturated rings. The smallest absolute Gasteiger partial charge is 0.264 e. The fourth-order valence-electron chi connectivity index (χ4n) is 3.88. The molecule has 28 heavy (non-hydrogen) atoms. The molecular formula is C21H29N3O3S. The zero-order chi connectivity index (χ0) is 20.5. The van der Waals surface area contributed by atoms with Gasteiger partial charge in [-0.2, -0.15) is 0 Å². The largest absolute Gasteiger partial charge is 0.350 e. The van der Waals surface area contributed by atoms with E-state index in [1.54, 1.807) is 35.6 Å². The molecule has 152 valence electrons. The molecule has 0 spiro atoms. The summed E-state index contributed by atoms with van der Waals surface area (Å²) in [5, 5.41) is 0. The van der Waals surface area contributed by atoms with Crippen molar-refractivity contribution in [2.24, 2.45) is 7.05 Å². The number of benzene rings is 1. The third-order valence-corrected chi connectivity index (χ3v) is 7.22. The van der Waals surface area contributed by atoms with E-state index in [2.05, 4.69) is 4.72 Å². The van der Waals surface area contributed by atoms with Gasteiger partial charge in [0.1, 0.15) is 4.90 Å². The lowest BCUT2D eigenvalue weighted by atomic mass is 10.1. The number of nitrogens with zero attached hydrogens (tertiary/aromatic N) is 2. The van der Waals surface area contributed by atoms with Gasteiger partial charge in [-0.15, -0.1) is 0 Å². The first-order chi connectivity index (χ1) is 13.3. The average Bonchev–Trinajstić information content (AvgIpc) is 2.93. The first kappa shape index (κ1) is 20.5. The van der Waals surface area contributed by atoms with Crippen LogP contribution in [-0.2, 0) is 23.5 Å². The Morgan fingerprint density at radius 3 is 2.36 bits per heavy atom. The SMILES string of the molecule is CCc1ccccc1NS(=O)(=O)c1c(C(=O)N2CCCCC2)c(C)n(C)c1C. The fraction of sp³-hybridized carbons (Fsp3) is 0.476. The minimum absolute atomic E-state index is 0.0916. The molecule has 0 radical (unpaired) electrons. The normalized spacial score (nSPS) is 14.9. The monoisotopic (exact) mass is 403 g/mol. The summed E-state index contributed by atoms with van der Waals surface area (Å²) in [4.78, 5) is 15.1. The zero-order valence-corrected chi connectivity index (χ0v) is 17.9. The predicted molar refractivity (Wildman–Crippen MR) is 111 cm³/mol. The van der Waals surface area contributed by atoms with Crippen LogP contribution in [0.5, 0.6) is 0 Å². The molecular weight excluding hydrogens is 374 g/mol. The number of piperidine rings is 1. The van der Waals surface area contributed by atoms with Crippen LogP contribution in [0, 0.1) is 13.8 Å². The van der Waals surface area contributed by atoms with Gasteiger partial charge < -0.3 is 9.47 Å². The molecule has 1 aliphatic rings. The van der Waals surface area contributed by atoms with E-state index in [-0.39, 0.29) is 10.8 Å². The van der Waals surface area contributed by atoms with E-state index >= 15 is 0 Å². The summed E-state index contributed by atoms with van der Waals surface area (Å²) in [6, 6.07) is 7.36. The number of carbonyl (C=O) groups is 1. The van der Waals surface area contributed by atoms with Crippen LogP contribution in [-0.4, -0.2) is 36.9 Å². The molecule has 1 aliphatic heterocycles. The van der Waals surface area contributed by atoms with Crippen molar-refractivity contribution in [3.05, 3.63) is 46.8 Å². The molecule has 0 atom stereocenters. The molecule has 6 nitrogen and oxygen atoms in total. The van der Waals surface area contributed by atoms with E-state index in [4.69, 9.17) is 0 Å². The number of rotatable bonds is 5. The van der Waals surface area contributed by atoms with Gasteiger partial charge in [0.25, 0.3) is 15.9 Å². The summed E-state index contributed by atoms with van der Waals surface area (Å²) >= 11 is 0. The number of para-hydroxylation sites is 1. The molecule has 2 aromatic rings. The Morgan fingerprint density at radius 2 is 1.71 bits per heavy atom. The topological polar surface area (TPSA) is 71.4 Å². The lowest BCUT2D eigenvalue weighted by Gasteiger charge is -2.27. The van der Waals surface area contributed by atoms with Crippen LogP contribution in [0.2, 0.25) is 0 Å². The summed E-state index contributed by atoms with van der Waals surface area (Å²) in [5.74, 6) is -0.190. The van der Waals surface area contributed by atoms with Crippen molar-refractivity contribution in [3.63, 3.8) is 0 Å². The summed E-state index contributed by atoms with van der Waals surface area (Å²) in [6.07, 6.45) is 3.74. The molecule has 1 saturated heterocycles. The van der Waals surface area contributed by atoms with Crippen molar-refractivity contribution in [2.45, 2.75) is 51.3 Å². The Morgan fingerprint density at radius 1 is 1.07 bits per heavy atom. The highest BCUT2D eigenvalue weighted by Crippen LogP contribution is 2.30. The molecule has 2 heterocycles. The molecule has 1 aromatic carbocycles. The minimum Gasteiger partial charge on any atom is -0.350 e. The van der Waals surface area contributed by atoms with Crippen LogP contribution in [0.15, 0.2) is 29.2 Å². The third kappa shape index (κ3) is 3.68. The van der Waals surface area contributed by atoms with E-state index in [0.29, 0.717) is 42.1 Å². The molecule has 0 bridgehead atoms. The molecule has 0 aliphatic carbocycles. The van der Waals surface area contributed by atoms with Gasteiger partial charge in [-0.05, 0) is 51.2 Å². The second kappa shape index (κ2) is 7.99. The number of anilines is 1. The standard InChI is InChI=1S/C21H29N3O3S/c1-5-17-11-7-8-12-18(17)22-28(26,27)20-16(3)23(4)15(2)19(20)21(25)24-13-9-6-10-14-24/h7-8,11-12,22H,5-6,9-10,13-14H2,1-4H3. The number of sulfonamides is 1. The number of hydrogen-bond donors (Lipinski definition) is 1. The van der Waals surface area contributed by atoms with E-state index < -0.39 is 10.0 Å². The number of hydrogen-bond acceptors (Lipinski definition) is 3. The second-order valence-corrected chi connectivity index (χ2v) is 9.02. The van der Waals surface area contributed by atoms with Crippen LogP contribution >= 0.6 is 0 Å². The number of aromatic nitrogens is 1. The van der Waals surface area contributed by atoms with Gasteiger partial charge >= 0.3 is 0 Å². The fourth-order valence-corrected chi connectivity index (χ4v) is 5.50. The minimum atomic E-state index is -3.91. The number of aryl methyl sites for hydroxylation is 1. The molecule has 1 amide bonds. The molecule has 7 heteroatoms. The van der Waals surface area contributed by atoms with Gasteiger partial charge in [0.05, 0.1) is 11.3 Å². The van der Waals surface area contributed by atoms with Crippen LogP contribution in [0.3, 0.4) is 0 Å². The lowest BCUT2D eigenvalue weighted by Crippen LogP contribution is -2.36. The Hall–Kier alpha value is -2.28. The number of nitrogens with one attached hydrogen (secondary N) is 1. The highest BCUT2D eigenvalue weighted by molar-refractivity contribution is 7.92. The van der Waals surface area contributed by atoms with Crippen molar-refractivity contribution in [1.82, 2.24) is 9.47 Å². The Labute approximate surface area is 167 Å². The quantitative estimate of drug-likeness (QED) is 0.829. The van der Waals surface area contributed by atoms with Crippen molar-refractivity contribution < 1.29 is 13.2 Å². The Kier molecular flexibility index (Phi) is 5.84. The Bertz CT molecular complexity index is 987. The maximum absolute atomic E-state index is 13.4. The van der Waals surface area contributed by atoms with Gasteiger partial charge in [-0.1, -0.05) is 25.1 Å². The molecule has 0 saturated carbocycles. The van der Waals surface area contributed by atoms with Crippen LogP contribution in [0.1, 0.15) is 53.5 Å². The lowest BCUT2D eigenvalue weighted by molar-refractivity contribution is 0.0720. The number of amides is 1. The summed E-state index contributed by atoms with van der Waals surface area (Å²) < 4.78 is 31.2. The Balaban J connectivity index is 2.07. The van der Waals surface area contributed by atoms with Crippen molar-refractivity contribution in [1.29, 1.82) is 0 Å². The van der Waals surface area contributed by atoms with E-state index in [1.807, 2.05) is 26.0 Å². The highest BCUT2D eigenvalue weighted by Gasteiger charge is 2.33. The summed E-state index contributed by atoms with van der Waals surface area (Å²) in [7, 11) is -2.11. The summed E-state index contributed by atoms with van der Waals surface area (Å²) in [6.45, 7) is 6.90. The maximum Gasteiger partial charge on any atom is 0.264 e. The number of carbonyl (C=O) groups excluding carboxylic acids is 1.